The third kappa shape index (κ3) is 5.23. The van der Waals surface area contributed by atoms with E-state index in [1.54, 1.807) is 63.2 Å². The standard InChI is InChI=1S/C23H27N3O5S/c1-14(13-29-3)26-22(28)19-8-6-7-9-20(19)25-23(26)32-15(2)21(27)24-16-10-17(30-4)12-18(11-16)31-5/h6-12,14-15H,13H2,1-5H3,(H,24,27)/t14-,15+/m0/s1. The third-order valence-corrected chi connectivity index (χ3v) is 5.96. The minimum Gasteiger partial charge on any atom is -0.497 e. The molecular weight excluding hydrogens is 430 g/mol. The maximum absolute atomic E-state index is 13.2. The van der Waals surface area contributed by atoms with Gasteiger partial charge in [0.15, 0.2) is 5.16 Å². The molecule has 32 heavy (non-hydrogen) atoms. The number of nitrogens with zero attached hydrogens (tertiary/aromatic N) is 2. The highest BCUT2D eigenvalue weighted by Crippen LogP contribution is 2.28. The Bertz CT molecular complexity index is 1140. The van der Waals surface area contributed by atoms with E-state index in [4.69, 9.17) is 14.2 Å². The summed E-state index contributed by atoms with van der Waals surface area (Å²) in [5.74, 6) is 0.899. The molecule has 2 atom stereocenters. The number of amides is 1. The summed E-state index contributed by atoms with van der Waals surface area (Å²) in [4.78, 5) is 30.8. The summed E-state index contributed by atoms with van der Waals surface area (Å²) in [6, 6.07) is 12.1. The zero-order valence-corrected chi connectivity index (χ0v) is 19.6. The molecule has 2 aromatic carbocycles. The Morgan fingerprint density at radius 2 is 1.75 bits per heavy atom. The largest absolute Gasteiger partial charge is 0.497 e. The van der Waals surface area contributed by atoms with Crippen LogP contribution in [0.5, 0.6) is 11.5 Å². The molecule has 0 aliphatic heterocycles. The first kappa shape index (κ1) is 23.6. The molecule has 0 saturated carbocycles. The minimum atomic E-state index is -0.527. The van der Waals surface area contributed by atoms with Crippen LogP contribution in [0.1, 0.15) is 19.9 Å². The van der Waals surface area contributed by atoms with E-state index in [9.17, 15) is 9.59 Å². The smallest absolute Gasteiger partial charge is 0.262 e. The number of carbonyl (C=O) groups is 1. The van der Waals surface area contributed by atoms with Gasteiger partial charge in [0, 0.05) is 31.0 Å². The normalized spacial score (nSPS) is 12.9. The van der Waals surface area contributed by atoms with Crippen molar-refractivity contribution in [2.24, 2.45) is 0 Å². The maximum atomic E-state index is 13.2. The first-order valence-electron chi connectivity index (χ1n) is 10.1. The van der Waals surface area contributed by atoms with Crippen LogP contribution in [-0.2, 0) is 9.53 Å². The molecule has 1 heterocycles. The molecule has 3 rings (SSSR count). The fourth-order valence-electron chi connectivity index (χ4n) is 3.25. The lowest BCUT2D eigenvalue weighted by Gasteiger charge is -2.20. The highest BCUT2D eigenvalue weighted by atomic mass is 32.2. The molecule has 0 fully saturated rings. The number of para-hydroxylation sites is 1. The highest BCUT2D eigenvalue weighted by molar-refractivity contribution is 8.00. The molecule has 0 saturated heterocycles. The van der Waals surface area contributed by atoms with E-state index >= 15 is 0 Å². The second kappa shape index (κ2) is 10.5. The molecule has 0 bridgehead atoms. The predicted octanol–water partition coefficient (Wildman–Crippen LogP) is 3.74. The van der Waals surface area contributed by atoms with Crippen LogP contribution in [0.4, 0.5) is 5.69 Å². The van der Waals surface area contributed by atoms with E-state index < -0.39 is 5.25 Å². The summed E-state index contributed by atoms with van der Waals surface area (Å²) in [7, 11) is 4.68. The Hall–Kier alpha value is -3.04. The van der Waals surface area contributed by atoms with Crippen LogP contribution in [0.15, 0.2) is 52.4 Å². The molecule has 1 amide bonds. The molecule has 3 aromatic rings. The number of rotatable bonds is 9. The van der Waals surface area contributed by atoms with Gasteiger partial charge in [-0.2, -0.15) is 0 Å². The Balaban J connectivity index is 1.90. The first-order valence-corrected chi connectivity index (χ1v) is 11.0. The van der Waals surface area contributed by atoms with Crippen LogP contribution < -0.4 is 20.3 Å². The highest BCUT2D eigenvalue weighted by Gasteiger charge is 2.22. The number of thioether (sulfide) groups is 1. The number of aromatic nitrogens is 2. The SMILES string of the molecule is COC[C@H](C)n1c(S[C@H](C)C(=O)Nc2cc(OC)cc(OC)c2)nc2ccccc2c1=O. The van der Waals surface area contributed by atoms with Crippen molar-refractivity contribution in [3.63, 3.8) is 0 Å². The van der Waals surface area contributed by atoms with E-state index in [-0.39, 0.29) is 17.5 Å². The average molecular weight is 458 g/mol. The van der Waals surface area contributed by atoms with Gasteiger partial charge in [0.1, 0.15) is 11.5 Å². The van der Waals surface area contributed by atoms with Gasteiger partial charge in [-0.05, 0) is 26.0 Å². The van der Waals surface area contributed by atoms with Crippen molar-refractivity contribution in [1.29, 1.82) is 0 Å². The Labute approximate surface area is 190 Å². The van der Waals surface area contributed by atoms with Crippen LogP contribution in [-0.4, -0.2) is 48.6 Å². The molecule has 0 unspecified atom stereocenters. The fourth-order valence-corrected chi connectivity index (χ4v) is 4.26. The second-order valence-corrected chi connectivity index (χ2v) is 8.55. The van der Waals surface area contributed by atoms with Gasteiger partial charge in [-0.25, -0.2) is 4.98 Å². The van der Waals surface area contributed by atoms with Crippen molar-refractivity contribution in [3.05, 3.63) is 52.8 Å². The van der Waals surface area contributed by atoms with Gasteiger partial charge in [0.05, 0.1) is 43.0 Å². The second-order valence-electron chi connectivity index (χ2n) is 7.24. The lowest BCUT2D eigenvalue weighted by molar-refractivity contribution is -0.115. The predicted molar refractivity (Wildman–Crippen MR) is 126 cm³/mol. The zero-order valence-electron chi connectivity index (χ0n) is 18.7. The van der Waals surface area contributed by atoms with Crippen LogP contribution in [0, 0.1) is 0 Å². The zero-order chi connectivity index (χ0) is 23.3. The quantitative estimate of drug-likeness (QED) is 0.387. The third-order valence-electron chi connectivity index (χ3n) is 4.89. The summed E-state index contributed by atoms with van der Waals surface area (Å²) >= 11 is 1.22. The van der Waals surface area contributed by atoms with Crippen LogP contribution in [0.3, 0.4) is 0 Å². The molecule has 9 heteroatoms. The number of nitrogens with one attached hydrogen (secondary N) is 1. The van der Waals surface area contributed by atoms with Crippen molar-refractivity contribution >= 4 is 34.3 Å². The molecule has 1 N–H and O–H groups in total. The number of anilines is 1. The monoisotopic (exact) mass is 457 g/mol. The summed E-state index contributed by atoms with van der Waals surface area (Å²) in [5, 5.41) is 3.34. The first-order chi connectivity index (χ1) is 15.4. The number of carbonyl (C=O) groups excluding carboxylic acids is 1. The molecule has 8 nitrogen and oxygen atoms in total. The van der Waals surface area contributed by atoms with Crippen LogP contribution >= 0.6 is 11.8 Å². The van der Waals surface area contributed by atoms with Gasteiger partial charge in [-0.15, -0.1) is 0 Å². The number of hydrogen-bond donors (Lipinski definition) is 1. The van der Waals surface area contributed by atoms with Crippen molar-refractivity contribution < 1.29 is 19.0 Å². The topological polar surface area (TPSA) is 91.7 Å². The van der Waals surface area contributed by atoms with Crippen LogP contribution in [0.25, 0.3) is 10.9 Å². The van der Waals surface area contributed by atoms with E-state index in [0.29, 0.717) is 39.9 Å². The number of methoxy groups -OCH3 is 3. The van der Waals surface area contributed by atoms with Crippen molar-refractivity contribution in [1.82, 2.24) is 9.55 Å². The summed E-state index contributed by atoms with van der Waals surface area (Å²) in [5.41, 5.74) is 0.981. The van der Waals surface area contributed by atoms with Crippen LogP contribution in [0.2, 0.25) is 0 Å². The summed E-state index contributed by atoms with van der Waals surface area (Å²) < 4.78 is 17.4. The van der Waals surface area contributed by atoms with E-state index in [2.05, 4.69) is 10.3 Å². The van der Waals surface area contributed by atoms with E-state index in [0.717, 1.165) is 0 Å². The number of fused-ring (bicyclic) bond motifs is 1. The van der Waals surface area contributed by atoms with E-state index in [1.165, 1.54) is 11.8 Å². The molecule has 0 radical (unpaired) electrons. The van der Waals surface area contributed by atoms with Crippen molar-refractivity contribution in [2.45, 2.75) is 30.3 Å². The maximum Gasteiger partial charge on any atom is 0.262 e. The Kier molecular flexibility index (Phi) is 7.76. The van der Waals surface area contributed by atoms with Gasteiger partial charge < -0.3 is 19.5 Å². The van der Waals surface area contributed by atoms with E-state index in [1.807, 2.05) is 19.1 Å². The number of benzene rings is 2. The van der Waals surface area contributed by atoms with Gasteiger partial charge in [-0.3, -0.25) is 14.2 Å². The molecular formula is C23H27N3O5S. The molecule has 1 aromatic heterocycles. The van der Waals surface area contributed by atoms with Gasteiger partial charge in [-0.1, -0.05) is 23.9 Å². The lowest BCUT2D eigenvalue weighted by Crippen LogP contribution is -2.30. The molecule has 170 valence electrons. The minimum absolute atomic E-state index is 0.159. The van der Waals surface area contributed by atoms with Crippen molar-refractivity contribution in [2.75, 3.05) is 33.3 Å². The number of hydrogen-bond acceptors (Lipinski definition) is 7. The summed E-state index contributed by atoms with van der Waals surface area (Å²) in [6.45, 7) is 4.00. The Morgan fingerprint density at radius 3 is 2.38 bits per heavy atom. The van der Waals surface area contributed by atoms with Gasteiger partial charge in [0.2, 0.25) is 5.91 Å². The fraction of sp³-hybridized carbons (Fsp3) is 0.348. The van der Waals surface area contributed by atoms with Crippen molar-refractivity contribution in [3.8, 4) is 11.5 Å². The molecule has 0 aliphatic carbocycles. The Morgan fingerprint density at radius 1 is 1.09 bits per heavy atom. The lowest BCUT2D eigenvalue weighted by atomic mass is 10.2. The summed E-state index contributed by atoms with van der Waals surface area (Å²) in [6.07, 6.45) is 0. The molecule has 0 aliphatic rings. The average Bonchev–Trinajstić information content (AvgIpc) is 2.78. The molecule has 0 spiro atoms. The van der Waals surface area contributed by atoms with Gasteiger partial charge in [0.25, 0.3) is 5.56 Å². The number of ether oxygens (including phenoxy) is 3. The van der Waals surface area contributed by atoms with Gasteiger partial charge >= 0.3 is 0 Å².